The SMILES string of the molecule is C[C@H]1CC[C@@H](C(=O)N2CCN(c3cnc4[nH]cc(/C=C/C(N)=O)c4c3)CC2)CC1. The lowest BCUT2D eigenvalue weighted by atomic mass is 9.82. The number of aromatic amines is 1. The van der Waals surface area contributed by atoms with E-state index in [1.165, 1.54) is 18.9 Å². The van der Waals surface area contributed by atoms with Gasteiger partial charge in [-0.2, -0.15) is 0 Å². The molecule has 0 unspecified atom stereocenters. The van der Waals surface area contributed by atoms with E-state index in [1.807, 2.05) is 17.3 Å². The number of piperazine rings is 1. The number of hydrogen-bond acceptors (Lipinski definition) is 4. The largest absolute Gasteiger partial charge is 0.367 e. The van der Waals surface area contributed by atoms with Gasteiger partial charge in [0.15, 0.2) is 0 Å². The van der Waals surface area contributed by atoms with E-state index in [4.69, 9.17) is 5.73 Å². The maximum atomic E-state index is 12.9. The molecule has 3 heterocycles. The Labute approximate surface area is 170 Å². The van der Waals surface area contributed by atoms with Crippen molar-refractivity contribution < 1.29 is 9.59 Å². The molecule has 1 aliphatic heterocycles. The third kappa shape index (κ3) is 4.28. The summed E-state index contributed by atoms with van der Waals surface area (Å²) in [4.78, 5) is 35.8. The van der Waals surface area contributed by atoms with Crippen molar-refractivity contribution in [2.45, 2.75) is 32.6 Å². The lowest BCUT2D eigenvalue weighted by molar-refractivity contribution is -0.137. The Morgan fingerprint density at radius 1 is 1.17 bits per heavy atom. The van der Waals surface area contributed by atoms with Gasteiger partial charge in [-0.05, 0) is 43.7 Å². The Balaban J connectivity index is 1.41. The number of primary amides is 1. The van der Waals surface area contributed by atoms with Crippen molar-refractivity contribution >= 4 is 34.6 Å². The van der Waals surface area contributed by atoms with Crippen molar-refractivity contribution in [3.05, 3.63) is 30.1 Å². The highest BCUT2D eigenvalue weighted by Crippen LogP contribution is 2.30. The van der Waals surface area contributed by atoms with Gasteiger partial charge in [-0.1, -0.05) is 6.92 Å². The molecule has 0 spiro atoms. The van der Waals surface area contributed by atoms with Gasteiger partial charge in [-0.3, -0.25) is 9.59 Å². The van der Waals surface area contributed by atoms with E-state index in [2.05, 4.69) is 27.9 Å². The number of rotatable bonds is 4. The van der Waals surface area contributed by atoms with Crippen LogP contribution in [0.2, 0.25) is 0 Å². The van der Waals surface area contributed by atoms with Crippen LogP contribution in [0.15, 0.2) is 24.5 Å². The molecule has 0 bridgehead atoms. The third-order valence-corrected chi connectivity index (χ3v) is 6.30. The Bertz CT molecular complexity index is 918. The monoisotopic (exact) mass is 395 g/mol. The molecule has 29 heavy (non-hydrogen) atoms. The van der Waals surface area contributed by atoms with Crippen molar-refractivity contribution in [3.63, 3.8) is 0 Å². The molecule has 1 aliphatic carbocycles. The van der Waals surface area contributed by atoms with E-state index in [0.29, 0.717) is 5.91 Å². The minimum absolute atomic E-state index is 0.218. The molecule has 1 saturated carbocycles. The van der Waals surface area contributed by atoms with Crippen LogP contribution < -0.4 is 10.6 Å². The first-order valence-corrected chi connectivity index (χ1v) is 10.5. The van der Waals surface area contributed by atoms with Gasteiger partial charge >= 0.3 is 0 Å². The molecule has 154 valence electrons. The zero-order chi connectivity index (χ0) is 20.4. The molecule has 0 atom stereocenters. The molecule has 2 amide bonds. The van der Waals surface area contributed by atoms with E-state index in [9.17, 15) is 9.59 Å². The lowest BCUT2D eigenvalue weighted by Crippen LogP contribution is -2.50. The minimum atomic E-state index is -0.475. The fraction of sp³-hybridized carbons (Fsp3) is 0.500. The average Bonchev–Trinajstić information content (AvgIpc) is 3.14. The summed E-state index contributed by atoms with van der Waals surface area (Å²) < 4.78 is 0. The summed E-state index contributed by atoms with van der Waals surface area (Å²) in [5.41, 5.74) is 7.90. The van der Waals surface area contributed by atoms with Crippen molar-refractivity contribution in [2.24, 2.45) is 17.6 Å². The van der Waals surface area contributed by atoms with Gasteiger partial charge in [0.25, 0.3) is 0 Å². The van der Waals surface area contributed by atoms with E-state index in [-0.39, 0.29) is 5.92 Å². The molecular weight excluding hydrogens is 366 g/mol. The summed E-state index contributed by atoms with van der Waals surface area (Å²) in [7, 11) is 0. The Morgan fingerprint density at radius 2 is 1.90 bits per heavy atom. The highest BCUT2D eigenvalue weighted by Gasteiger charge is 2.30. The molecule has 0 radical (unpaired) electrons. The van der Waals surface area contributed by atoms with Gasteiger partial charge in [0, 0.05) is 55.3 Å². The number of aromatic nitrogens is 2. The van der Waals surface area contributed by atoms with Crippen molar-refractivity contribution in [3.8, 4) is 0 Å². The molecule has 2 aliphatic rings. The summed E-state index contributed by atoms with van der Waals surface area (Å²) in [5.74, 6) is 0.844. The summed E-state index contributed by atoms with van der Waals surface area (Å²) in [6, 6.07) is 2.08. The van der Waals surface area contributed by atoms with Gasteiger partial charge in [0.2, 0.25) is 11.8 Å². The number of nitrogens with two attached hydrogens (primary N) is 1. The molecule has 3 N–H and O–H groups in total. The third-order valence-electron chi connectivity index (χ3n) is 6.30. The second kappa shape index (κ2) is 8.27. The van der Waals surface area contributed by atoms with Gasteiger partial charge in [-0.25, -0.2) is 4.98 Å². The van der Waals surface area contributed by atoms with Crippen LogP contribution in [-0.2, 0) is 9.59 Å². The summed E-state index contributed by atoms with van der Waals surface area (Å²) in [6.07, 6.45) is 11.2. The zero-order valence-electron chi connectivity index (χ0n) is 16.9. The molecule has 7 nitrogen and oxygen atoms in total. The normalized spacial score (nSPS) is 23.1. The van der Waals surface area contributed by atoms with Crippen LogP contribution >= 0.6 is 0 Å². The van der Waals surface area contributed by atoms with Crippen LogP contribution in [0, 0.1) is 11.8 Å². The van der Waals surface area contributed by atoms with E-state index >= 15 is 0 Å². The molecule has 2 aromatic rings. The number of amides is 2. The van der Waals surface area contributed by atoms with Crippen molar-refractivity contribution in [1.82, 2.24) is 14.9 Å². The lowest BCUT2D eigenvalue weighted by Gasteiger charge is -2.38. The number of carbonyl (C=O) groups excluding carboxylic acids is 2. The topological polar surface area (TPSA) is 95.3 Å². The molecule has 2 aromatic heterocycles. The highest BCUT2D eigenvalue weighted by atomic mass is 16.2. The van der Waals surface area contributed by atoms with Gasteiger partial charge in [-0.15, -0.1) is 0 Å². The van der Waals surface area contributed by atoms with Crippen LogP contribution in [0.25, 0.3) is 17.1 Å². The molecule has 2 fully saturated rings. The Hall–Kier alpha value is -2.83. The van der Waals surface area contributed by atoms with E-state index in [0.717, 1.165) is 67.2 Å². The van der Waals surface area contributed by atoms with Gasteiger partial charge in [0.05, 0.1) is 11.9 Å². The molecule has 7 heteroatoms. The summed E-state index contributed by atoms with van der Waals surface area (Å²) >= 11 is 0. The van der Waals surface area contributed by atoms with Gasteiger partial charge in [0.1, 0.15) is 5.65 Å². The van der Waals surface area contributed by atoms with E-state index < -0.39 is 5.91 Å². The molecule has 1 saturated heterocycles. The van der Waals surface area contributed by atoms with Crippen molar-refractivity contribution in [1.29, 1.82) is 0 Å². The zero-order valence-corrected chi connectivity index (χ0v) is 16.9. The van der Waals surface area contributed by atoms with Crippen molar-refractivity contribution in [2.75, 3.05) is 31.1 Å². The highest BCUT2D eigenvalue weighted by molar-refractivity contribution is 5.95. The predicted octanol–water partition coefficient (Wildman–Crippen LogP) is 2.54. The number of H-pyrrole nitrogens is 1. The van der Waals surface area contributed by atoms with Crippen LogP contribution in [0.1, 0.15) is 38.2 Å². The average molecular weight is 396 g/mol. The van der Waals surface area contributed by atoms with E-state index in [1.54, 1.807) is 6.08 Å². The van der Waals surface area contributed by atoms with Crippen LogP contribution in [0.4, 0.5) is 5.69 Å². The summed E-state index contributed by atoms with van der Waals surface area (Å²) in [6.45, 7) is 5.40. The fourth-order valence-corrected chi connectivity index (χ4v) is 4.45. The first kappa shape index (κ1) is 19.5. The Morgan fingerprint density at radius 3 is 2.59 bits per heavy atom. The maximum Gasteiger partial charge on any atom is 0.241 e. The number of fused-ring (bicyclic) bond motifs is 1. The van der Waals surface area contributed by atoms with Crippen LogP contribution in [0.3, 0.4) is 0 Å². The predicted molar refractivity (Wildman–Crippen MR) is 114 cm³/mol. The molecule has 0 aromatic carbocycles. The van der Waals surface area contributed by atoms with Crippen LogP contribution in [-0.4, -0.2) is 52.9 Å². The number of pyridine rings is 1. The number of nitrogens with zero attached hydrogens (tertiary/aromatic N) is 3. The standard InChI is InChI=1S/C22H29N5O2/c1-15-2-4-16(5-3-15)22(29)27-10-8-26(9-11-27)18-12-19-17(6-7-20(23)28)13-24-21(19)25-14-18/h6-7,12-16H,2-5,8-11H2,1H3,(H2,23,28)(H,24,25)/b7-6+/t15-,16+. The van der Waals surface area contributed by atoms with Gasteiger partial charge < -0.3 is 20.5 Å². The second-order valence-electron chi connectivity index (χ2n) is 8.34. The summed E-state index contributed by atoms with van der Waals surface area (Å²) in [5, 5.41) is 0.954. The first-order chi connectivity index (χ1) is 14.0. The Kier molecular flexibility index (Phi) is 5.56. The number of anilines is 1. The van der Waals surface area contributed by atoms with Crippen LogP contribution in [0.5, 0.6) is 0 Å². The number of nitrogens with one attached hydrogen (secondary N) is 1. The minimum Gasteiger partial charge on any atom is -0.367 e. The number of carbonyl (C=O) groups is 2. The quantitative estimate of drug-likeness (QED) is 0.778. The second-order valence-corrected chi connectivity index (χ2v) is 8.34. The molecule has 4 rings (SSSR count). The maximum absolute atomic E-state index is 12.9. The fourth-order valence-electron chi connectivity index (χ4n) is 4.45. The molecular formula is C22H29N5O2. The smallest absolute Gasteiger partial charge is 0.241 e. The first-order valence-electron chi connectivity index (χ1n) is 10.5. The number of hydrogen-bond donors (Lipinski definition) is 2.